The smallest absolute Gasteiger partial charge is 0.269 e. The summed E-state index contributed by atoms with van der Waals surface area (Å²) in [5.74, 6) is 0. The van der Waals surface area contributed by atoms with Crippen LogP contribution < -0.4 is 15.1 Å². The van der Waals surface area contributed by atoms with Crippen LogP contribution in [0.1, 0.15) is 23.5 Å². The van der Waals surface area contributed by atoms with E-state index in [1.807, 2.05) is 49.1 Å². The van der Waals surface area contributed by atoms with Crippen molar-refractivity contribution in [2.75, 3.05) is 23.9 Å². The summed E-state index contributed by atoms with van der Waals surface area (Å²) in [6.07, 6.45) is 3.74. The number of aromatic nitrogens is 2. The minimum atomic E-state index is -0.393. The van der Waals surface area contributed by atoms with Gasteiger partial charge in [-0.25, -0.2) is 0 Å². The molecule has 0 amide bonds. The van der Waals surface area contributed by atoms with E-state index in [1.165, 1.54) is 12.1 Å². The predicted octanol–water partition coefficient (Wildman–Crippen LogP) is 5.02. The van der Waals surface area contributed by atoms with Gasteiger partial charge in [0.25, 0.3) is 5.69 Å². The minimum absolute atomic E-state index is 0.0557. The fourth-order valence-corrected chi connectivity index (χ4v) is 4.80. The Balaban J connectivity index is 1.62. The summed E-state index contributed by atoms with van der Waals surface area (Å²) in [7, 11) is 4.02. The van der Waals surface area contributed by atoms with E-state index in [9.17, 15) is 10.1 Å². The molecule has 0 spiro atoms. The fraction of sp³-hybridized carbons (Fsp3) is 0.154. The van der Waals surface area contributed by atoms with Crippen LogP contribution in [0.25, 0.3) is 5.69 Å². The quantitative estimate of drug-likeness (QED) is 0.234. The van der Waals surface area contributed by atoms with Crippen LogP contribution in [0, 0.1) is 10.1 Å². The Morgan fingerprint density at radius 2 is 1.69 bits per heavy atom. The van der Waals surface area contributed by atoms with Crippen LogP contribution in [-0.4, -0.2) is 33.7 Å². The number of benzene rings is 2. The van der Waals surface area contributed by atoms with Crippen LogP contribution in [0.15, 0.2) is 91.3 Å². The van der Waals surface area contributed by atoms with Gasteiger partial charge in [0.15, 0.2) is 5.11 Å². The standard InChI is InChI=1S/C26H24N6O2S/c1-29(2)18-8-12-20(13-9-18)31-25(24(28-26(31)35)22-6-3-4-16-27-22)23-7-5-17-30(23)19-10-14-21(15-11-19)32(33)34/h3-17,24-25H,1-2H3,(H,28,35)/t24-,25-/m0/s1. The molecule has 0 aliphatic carbocycles. The van der Waals surface area contributed by atoms with Gasteiger partial charge >= 0.3 is 0 Å². The summed E-state index contributed by atoms with van der Waals surface area (Å²) in [5.41, 5.74) is 4.81. The second kappa shape index (κ2) is 9.19. The van der Waals surface area contributed by atoms with Crippen LogP contribution in [0.5, 0.6) is 0 Å². The van der Waals surface area contributed by atoms with Crippen molar-refractivity contribution in [1.29, 1.82) is 0 Å². The molecule has 3 heterocycles. The van der Waals surface area contributed by atoms with E-state index >= 15 is 0 Å². The maximum absolute atomic E-state index is 11.1. The van der Waals surface area contributed by atoms with Gasteiger partial charge in [0.1, 0.15) is 6.04 Å². The number of hydrogen-bond acceptors (Lipinski definition) is 5. The van der Waals surface area contributed by atoms with Crippen molar-refractivity contribution in [3.63, 3.8) is 0 Å². The van der Waals surface area contributed by atoms with Gasteiger partial charge in [-0.3, -0.25) is 15.1 Å². The number of pyridine rings is 1. The van der Waals surface area contributed by atoms with Gasteiger partial charge in [-0.05, 0) is 72.9 Å². The largest absolute Gasteiger partial charge is 0.378 e. The summed E-state index contributed by atoms with van der Waals surface area (Å²) in [5, 5.41) is 15.2. The molecule has 2 aromatic heterocycles. The molecule has 0 radical (unpaired) electrons. The molecular formula is C26H24N6O2S. The Kier molecular flexibility index (Phi) is 5.92. The van der Waals surface area contributed by atoms with Crippen molar-refractivity contribution < 1.29 is 4.92 Å². The third-order valence-electron chi connectivity index (χ3n) is 6.16. The molecular weight excluding hydrogens is 460 g/mol. The fourth-order valence-electron chi connectivity index (χ4n) is 4.45. The van der Waals surface area contributed by atoms with Crippen molar-refractivity contribution >= 4 is 34.4 Å². The van der Waals surface area contributed by atoms with Crippen molar-refractivity contribution in [2.45, 2.75) is 12.1 Å². The molecule has 0 saturated carbocycles. The van der Waals surface area contributed by atoms with E-state index in [2.05, 4.69) is 50.4 Å². The lowest BCUT2D eigenvalue weighted by molar-refractivity contribution is -0.384. The van der Waals surface area contributed by atoms with E-state index in [-0.39, 0.29) is 17.8 Å². The highest BCUT2D eigenvalue weighted by Crippen LogP contribution is 2.42. The number of nitro benzene ring substituents is 1. The Morgan fingerprint density at radius 1 is 0.971 bits per heavy atom. The molecule has 1 saturated heterocycles. The molecule has 1 fully saturated rings. The number of non-ortho nitro benzene ring substituents is 1. The highest BCUT2D eigenvalue weighted by Gasteiger charge is 2.42. The molecule has 2 aromatic carbocycles. The molecule has 1 aliphatic rings. The molecule has 1 N–H and O–H groups in total. The van der Waals surface area contributed by atoms with Crippen LogP contribution in [0.4, 0.5) is 17.1 Å². The van der Waals surface area contributed by atoms with Gasteiger partial charge in [-0.15, -0.1) is 0 Å². The van der Waals surface area contributed by atoms with Crippen LogP contribution >= 0.6 is 12.2 Å². The number of nitrogens with zero attached hydrogens (tertiary/aromatic N) is 5. The Morgan fingerprint density at radius 3 is 2.31 bits per heavy atom. The molecule has 0 unspecified atom stereocenters. The number of nitro groups is 1. The molecule has 35 heavy (non-hydrogen) atoms. The van der Waals surface area contributed by atoms with Gasteiger partial charge in [-0.2, -0.15) is 0 Å². The number of nitrogens with one attached hydrogen (secondary N) is 1. The first-order valence-electron chi connectivity index (χ1n) is 11.1. The summed E-state index contributed by atoms with van der Waals surface area (Å²) >= 11 is 5.83. The molecule has 2 atom stereocenters. The monoisotopic (exact) mass is 484 g/mol. The average Bonchev–Trinajstić information content (AvgIpc) is 3.49. The van der Waals surface area contributed by atoms with E-state index < -0.39 is 4.92 Å². The lowest BCUT2D eigenvalue weighted by Gasteiger charge is -2.29. The molecule has 5 rings (SSSR count). The van der Waals surface area contributed by atoms with Crippen LogP contribution in [-0.2, 0) is 0 Å². The van der Waals surface area contributed by atoms with Crippen molar-refractivity contribution in [1.82, 2.24) is 14.9 Å². The first-order chi connectivity index (χ1) is 16.9. The summed E-state index contributed by atoms with van der Waals surface area (Å²) in [6, 6.07) is 24.3. The van der Waals surface area contributed by atoms with Crippen molar-refractivity contribution in [3.8, 4) is 5.69 Å². The molecule has 4 aromatic rings. The van der Waals surface area contributed by atoms with Gasteiger partial charge in [-0.1, -0.05) is 6.07 Å². The van der Waals surface area contributed by atoms with E-state index in [0.29, 0.717) is 5.11 Å². The SMILES string of the molecule is CN(C)c1ccc(N2C(=S)N[C@@H](c3ccccn3)[C@@H]2c2cccn2-c2ccc([N+](=O)[O-])cc2)cc1. The van der Waals surface area contributed by atoms with E-state index in [1.54, 1.807) is 18.3 Å². The molecule has 8 nitrogen and oxygen atoms in total. The lowest BCUT2D eigenvalue weighted by Crippen LogP contribution is -2.30. The third-order valence-corrected chi connectivity index (χ3v) is 6.48. The van der Waals surface area contributed by atoms with Gasteiger partial charge in [0, 0.05) is 61.4 Å². The highest BCUT2D eigenvalue weighted by molar-refractivity contribution is 7.80. The van der Waals surface area contributed by atoms with Gasteiger partial charge < -0.3 is 19.7 Å². The zero-order valence-electron chi connectivity index (χ0n) is 19.3. The maximum atomic E-state index is 11.1. The number of hydrogen-bond donors (Lipinski definition) is 1. The minimum Gasteiger partial charge on any atom is -0.378 e. The average molecular weight is 485 g/mol. The van der Waals surface area contributed by atoms with Crippen LogP contribution in [0.2, 0.25) is 0 Å². The molecule has 1 aliphatic heterocycles. The van der Waals surface area contributed by atoms with Crippen molar-refractivity contribution in [3.05, 3.63) is 113 Å². The molecule has 0 bridgehead atoms. The first kappa shape index (κ1) is 22.5. The second-order valence-electron chi connectivity index (χ2n) is 8.48. The topological polar surface area (TPSA) is 79.5 Å². The van der Waals surface area contributed by atoms with Gasteiger partial charge in [0.05, 0.1) is 16.7 Å². The van der Waals surface area contributed by atoms with Crippen molar-refractivity contribution in [2.24, 2.45) is 0 Å². The zero-order chi connectivity index (χ0) is 24.5. The normalized spacial score (nSPS) is 17.3. The lowest BCUT2D eigenvalue weighted by atomic mass is 10.0. The Hall–Kier alpha value is -4.24. The number of anilines is 2. The summed E-state index contributed by atoms with van der Waals surface area (Å²) in [4.78, 5) is 19.5. The highest BCUT2D eigenvalue weighted by atomic mass is 32.1. The second-order valence-corrected chi connectivity index (χ2v) is 8.87. The first-order valence-corrected chi connectivity index (χ1v) is 11.5. The van der Waals surface area contributed by atoms with E-state index in [4.69, 9.17) is 12.2 Å². The number of thiocarbonyl (C=S) groups is 1. The molecule has 176 valence electrons. The third kappa shape index (κ3) is 4.22. The number of rotatable bonds is 6. The Bertz CT molecular complexity index is 1350. The van der Waals surface area contributed by atoms with Gasteiger partial charge in [0.2, 0.25) is 0 Å². The predicted molar refractivity (Wildman–Crippen MR) is 141 cm³/mol. The zero-order valence-corrected chi connectivity index (χ0v) is 20.1. The maximum Gasteiger partial charge on any atom is 0.269 e. The summed E-state index contributed by atoms with van der Waals surface area (Å²) in [6.45, 7) is 0. The Labute approximate surface area is 208 Å². The van der Waals surface area contributed by atoms with E-state index in [0.717, 1.165) is 28.5 Å². The van der Waals surface area contributed by atoms with Crippen LogP contribution in [0.3, 0.4) is 0 Å². The summed E-state index contributed by atoms with van der Waals surface area (Å²) < 4.78 is 2.04. The molecule has 9 heteroatoms.